The summed E-state index contributed by atoms with van der Waals surface area (Å²) in [7, 11) is 3.90. The molecule has 0 fully saturated rings. The first-order valence-electron chi connectivity index (χ1n) is 11.5. The van der Waals surface area contributed by atoms with Gasteiger partial charge in [-0.25, -0.2) is 9.59 Å². The van der Waals surface area contributed by atoms with Crippen LogP contribution in [-0.2, 0) is 11.3 Å². The fourth-order valence-corrected chi connectivity index (χ4v) is 3.01. The molecule has 35 heavy (non-hydrogen) atoms. The molecule has 1 aromatic carbocycles. The van der Waals surface area contributed by atoms with E-state index in [4.69, 9.17) is 4.74 Å². The number of likely N-dealkylation sites (N-methyl/N-ethyl adjacent to an activating group) is 1. The number of aromatic nitrogens is 1. The van der Waals surface area contributed by atoms with Gasteiger partial charge >= 0.3 is 12.1 Å². The first-order valence-corrected chi connectivity index (χ1v) is 11.5. The molecule has 1 aromatic heterocycles. The number of nitrogens with one attached hydrogen (secondary N) is 3. The maximum absolute atomic E-state index is 12.8. The molecule has 0 radical (unpaired) electrons. The lowest BCUT2D eigenvalue weighted by atomic mass is 10.2. The van der Waals surface area contributed by atoms with Crippen molar-refractivity contribution in [3.63, 3.8) is 0 Å². The molecule has 10 heteroatoms. The van der Waals surface area contributed by atoms with Gasteiger partial charge in [-0.2, -0.15) is 0 Å². The molecule has 3 N–H and O–H groups in total. The number of amides is 4. The van der Waals surface area contributed by atoms with Crippen LogP contribution in [0.3, 0.4) is 0 Å². The van der Waals surface area contributed by atoms with Gasteiger partial charge in [0, 0.05) is 32.4 Å². The Morgan fingerprint density at radius 2 is 1.63 bits per heavy atom. The van der Waals surface area contributed by atoms with E-state index in [-0.39, 0.29) is 11.7 Å². The second kappa shape index (κ2) is 12.7. The van der Waals surface area contributed by atoms with Gasteiger partial charge in [0.15, 0.2) is 0 Å². The smallest absolute Gasteiger partial charge is 0.412 e. The number of benzene rings is 1. The fraction of sp³-hybridized carbons (Fsp3) is 0.440. The van der Waals surface area contributed by atoms with Crippen LogP contribution in [0.1, 0.15) is 43.7 Å². The molecule has 1 heterocycles. The van der Waals surface area contributed by atoms with Crippen LogP contribution in [0.25, 0.3) is 0 Å². The molecule has 0 saturated heterocycles. The highest BCUT2D eigenvalue weighted by atomic mass is 16.6. The normalized spacial score (nSPS) is 11.1. The average Bonchev–Trinajstić information content (AvgIpc) is 2.77. The monoisotopic (exact) mass is 484 g/mol. The van der Waals surface area contributed by atoms with Gasteiger partial charge < -0.3 is 25.2 Å². The minimum atomic E-state index is -0.646. The van der Waals surface area contributed by atoms with Crippen molar-refractivity contribution in [2.75, 3.05) is 44.4 Å². The molecule has 0 aliphatic heterocycles. The van der Waals surface area contributed by atoms with E-state index in [1.807, 2.05) is 25.9 Å². The fourth-order valence-electron chi connectivity index (χ4n) is 3.01. The Balaban J connectivity index is 2.07. The number of carbonyl (C=O) groups is 3. The lowest BCUT2D eigenvalue weighted by Gasteiger charge is -2.24. The average molecular weight is 485 g/mol. The Morgan fingerprint density at radius 3 is 2.17 bits per heavy atom. The molecule has 0 atom stereocenters. The highest BCUT2D eigenvalue weighted by molar-refractivity contribution is 6.05. The topological polar surface area (TPSA) is 116 Å². The molecule has 0 unspecified atom stereocenters. The van der Waals surface area contributed by atoms with Crippen molar-refractivity contribution in [2.45, 2.75) is 39.8 Å². The summed E-state index contributed by atoms with van der Waals surface area (Å²) >= 11 is 0. The van der Waals surface area contributed by atoms with Crippen molar-refractivity contribution < 1.29 is 19.1 Å². The van der Waals surface area contributed by atoms with Gasteiger partial charge in [-0.3, -0.25) is 15.1 Å². The number of hydrogen-bond donors (Lipinski definition) is 3. The van der Waals surface area contributed by atoms with Gasteiger partial charge in [-0.05, 0) is 65.6 Å². The minimum Gasteiger partial charge on any atom is -0.444 e. The zero-order valence-electron chi connectivity index (χ0n) is 21.3. The number of urea groups is 1. The van der Waals surface area contributed by atoms with E-state index in [1.165, 1.54) is 0 Å². The summed E-state index contributed by atoms with van der Waals surface area (Å²) in [5, 5.41) is 8.25. The first kappa shape index (κ1) is 27.6. The minimum absolute atomic E-state index is 0.148. The molecule has 0 saturated carbocycles. The van der Waals surface area contributed by atoms with Crippen LogP contribution in [0.2, 0.25) is 0 Å². The van der Waals surface area contributed by atoms with Gasteiger partial charge in [0.25, 0.3) is 5.91 Å². The standard InChI is InChI=1S/C25H36N6O4/c1-7-26-23(33)31(15-14-30(5)6)17-18-12-13-21(27-16-18)22(32)28-19-10-8-9-11-20(19)29-24(34)35-25(2,3)4/h8-13,16H,7,14-15,17H2,1-6H3,(H,26,33)(H,28,32)(H,29,34). The molecule has 0 spiro atoms. The van der Waals surface area contributed by atoms with Crippen LogP contribution in [0, 0.1) is 0 Å². The number of rotatable bonds is 9. The van der Waals surface area contributed by atoms with Crippen molar-refractivity contribution in [1.82, 2.24) is 20.1 Å². The van der Waals surface area contributed by atoms with Crippen molar-refractivity contribution in [1.29, 1.82) is 0 Å². The molecule has 2 aromatic rings. The number of anilines is 2. The van der Waals surface area contributed by atoms with Crippen LogP contribution in [0.4, 0.5) is 21.0 Å². The van der Waals surface area contributed by atoms with Crippen LogP contribution < -0.4 is 16.0 Å². The first-order chi connectivity index (χ1) is 16.5. The second-order valence-electron chi connectivity index (χ2n) is 9.24. The summed E-state index contributed by atoms with van der Waals surface area (Å²) in [5.41, 5.74) is 1.19. The third-order valence-corrected chi connectivity index (χ3v) is 4.67. The van der Waals surface area contributed by atoms with Crippen molar-refractivity contribution >= 4 is 29.4 Å². The van der Waals surface area contributed by atoms with Crippen molar-refractivity contribution in [2.24, 2.45) is 0 Å². The van der Waals surface area contributed by atoms with E-state index in [9.17, 15) is 14.4 Å². The van der Waals surface area contributed by atoms with E-state index >= 15 is 0 Å². The van der Waals surface area contributed by atoms with Crippen LogP contribution >= 0.6 is 0 Å². The van der Waals surface area contributed by atoms with E-state index in [1.54, 1.807) is 68.3 Å². The maximum atomic E-state index is 12.8. The zero-order chi connectivity index (χ0) is 26.0. The van der Waals surface area contributed by atoms with Gasteiger partial charge in [-0.1, -0.05) is 18.2 Å². The van der Waals surface area contributed by atoms with Gasteiger partial charge in [0.1, 0.15) is 11.3 Å². The number of ether oxygens (including phenoxy) is 1. The van der Waals surface area contributed by atoms with Crippen molar-refractivity contribution in [3.05, 3.63) is 53.9 Å². The van der Waals surface area contributed by atoms with Crippen LogP contribution in [0.5, 0.6) is 0 Å². The summed E-state index contributed by atoms with van der Waals surface area (Å²) in [6, 6.07) is 10.1. The summed E-state index contributed by atoms with van der Waals surface area (Å²) in [6.07, 6.45) is 0.967. The van der Waals surface area contributed by atoms with Crippen molar-refractivity contribution in [3.8, 4) is 0 Å². The zero-order valence-corrected chi connectivity index (χ0v) is 21.3. The number of pyridine rings is 1. The summed E-state index contributed by atoms with van der Waals surface area (Å²) in [5.74, 6) is -0.428. The lowest BCUT2D eigenvalue weighted by Crippen LogP contribution is -2.42. The largest absolute Gasteiger partial charge is 0.444 e. The predicted molar refractivity (Wildman–Crippen MR) is 137 cm³/mol. The van der Waals surface area contributed by atoms with Gasteiger partial charge in [0.2, 0.25) is 0 Å². The third kappa shape index (κ3) is 9.62. The predicted octanol–water partition coefficient (Wildman–Crippen LogP) is 3.77. The summed E-state index contributed by atoms with van der Waals surface area (Å²) in [6.45, 7) is 9.38. The molecule has 4 amide bonds. The molecule has 10 nitrogen and oxygen atoms in total. The second-order valence-corrected chi connectivity index (χ2v) is 9.24. The quantitative estimate of drug-likeness (QED) is 0.499. The van der Waals surface area contributed by atoms with Crippen LogP contribution in [0.15, 0.2) is 42.6 Å². The van der Waals surface area contributed by atoms with Gasteiger partial charge in [-0.15, -0.1) is 0 Å². The third-order valence-electron chi connectivity index (χ3n) is 4.67. The van der Waals surface area contributed by atoms with Gasteiger partial charge in [0.05, 0.1) is 11.4 Å². The lowest BCUT2D eigenvalue weighted by molar-refractivity contribution is 0.0635. The summed E-state index contributed by atoms with van der Waals surface area (Å²) in [4.78, 5) is 45.3. The highest BCUT2D eigenvalue weighted by Crippen LogP contribution is 2.22. The highest BCUT2D eigenvalue weighted by Gasteiger charge is 2.18. The number of carbonyl (C=O) groups excluding carboxylic acids is 3. The molecule has 0 aliphatic rings. The molecular formula is C25H36N6O4. The van der Waals surface area contributed by atoms with E-state index in [0.717, 1.165) is 12.1 Å². The Labute approximate surface area is 207 Å². The number of nitrogens with zero attached hydrogens (tertiary/aromatic N) is 3. The molecular weight excluding hydrogens is 448 g/mol. The molecule has 190 valence electrons. The molecule has 0 bridgehead atoms. The molecule has 2 rings (SSSR count). The Bertz CT molecular complexity index is 1000. The maximum Gasteiger partial charge on any atom is 0.412 e. The summed E-state index contributed by atoms with van der Waals surface area (Å²) < 4.78 is 5.28. The van der Waals surface area contributed by atoms with Crippen LogP contribution in [-0.4, -0.2) is 72.1 Å². The van der Waals surface area contributed by atoms with E-state index in [2.05, 4.69) is 20.9 Å². The Hall–Kier alpha value is -3.66. The number of para-hydroxylation sites is 2. The molecule has 0 aliphatic carbocycles. The van der Waals surface area contributed by atoms with E-state index < -0.39 is 17.6 Å². The Kier molecular flexibility index (Phi) is 10.0. The Morgan fingerprint density at radius 1 is 0.971 bits per heavy atom. The SMILES string of the molecule is CCNC(=O)N(CCN(C)C)Cc1ccc(C(=O)Nc2ccccc2NC(=O)OC(C)(C)C)nc1. The van der Waals surface area contributed by atoms with E-state index in [0.29, 0.717) is 31.0 Å². The number of hydrogen-bond acceptors (Lipinski definition) is 6.